The first kappa shape index (κ1) is 20.3. The van der Waals surface area contributed by atoms with Gasteiger partial charge < -0.3 is 20.5 Å². The van der Waals surface area contributed by atoms with Gasteiger partial charge in [-0.3, -0.25) is 0 Å². The largest absolute Gasteiger partial charge is 0.648 e. The van der Waals surface area contributed by atoms with Crippen LogP contribution in [-0.2, 0) is 0 Å². The Morgan fingerprint density at radius 1 is 0.857 bits per heavy atom. The molecule has 0 saturated carbocycles. The van der Waals surface area contributed by atoms with E-state index in [2.05, 4.69) is 34.9 Å². The molecular weight excluding hydrogens is 574 g/mol. The molecule has 4 aromatic rings. The Morgan fingerprint density at radius 3 is 2.29 bits per heavy atom. The van der Waals surface area contributed by atoms with Crippen molar-refractivity contribution >= 4 is 33.1 Å². The van der Waals surface area contributed by atoms with Crippen LogP contribution < -0.4 is 5.32 Å². The fraction of sp³-hybridized carbons (Fsp3) is 0.0870. The van der Waals surface area contributed by atoms with Gasteiger partial charge in [0, 0.05) is 42.4 Å². The van der Waals surface area contributed by atoms with Gasteiger partial charge in [-0.15, -0.1) is 6.54 Å². The average Bonchev–Trinajstić information content (AvgIpc) is 2.70. The summed E-state index contributed by atoms with van der Waals surface area (Å²) < 4.78 is 0. The van der Waals surface area contributed by atoms with Crippen molar-refractivity contribution in [3.8, 4) is 5.75 Å². The smallest absolute Gasteiger partial charge is 0.115 e. The fourth-order valence-corrected chi connectivity index (χ4v) is 3.18. The van der Waals surface area contributed by atoms with E-state index in [1.807, 2.05) is 30.3 Å². The number of amides is 1. The predicted molar refractivity (Wildman–Crippen MR) is 111 cm³/mol. The van der Waals surface area contributed by atoms with Crippen molar-refractivity contribution in [2.24, 2.45) is 0 Å². The van der Waals surface area contributed by atoms with Gasteiger partial charge in [0.05, 0.1) is 5.91 Å². The number of phenolic OH excluding ortho intramolecular Hbond substituents is 1. The molecule has 28 heavy (non-hydrogen) atoms. The molecular formula is C23H19N2O2U-. The number of nitrogens with one attached hydrogen (secondary N) is 1. The monoisotopic (exact) mass is 593 g/mol. The third kappa shape index (κ3) is 4.49. The molecule has 0 aliphatic carbocycles. The third-order valence-electron chi connectivity index (χ3n) is 4.54. The Balaban J connectivity index is 0.00000225. The molecule has 0 spiro atoms. The van der Waals surface area contributed by atoms with Crippen molar-refractivity contribution in [2.75, 3.05) is 18.4 Å². The van der Waals surface area contributed by atoms with Crippen LogP contribution in [0.2, 0.25) is 0 Å². The second-order valence-corrected chi connectivity index (χ2v) is 6.39. The van der Waals surface area contributed by atoms with Crippen LogP contribution in [-0.4, -0.2) is 24.1 Å². The van der Waals surface area contributed by atoms with Gasteiger partial charge in [0.2, 0.25) is 0 Å². The summed E-state index contributed by atoms with van der Waals surface area (Å²) in [5.74, 6) is 0.0206. The molecule has 0 atom stereocenters. The van der Waals surface area contributed by atoms with Crippen LogP contribution in [0, 0.1) is 31.1 Å². The summed E-state index contributed by atoms with van der Waals surface area (Å²) in [5, 5.41) is 20.9. The molecule has 0 radical (unpaired) electrons. The Bertz CT molecular complexity index is 1110. The molecule has 1 amide bonds. The minimum atomic E-state index is -0.205. The number of fused-ring (bicyclic) bond motifs is 2. The summed E-state index contributed by atoms with van der Waals surface area (Å²) in [5.41, 5.74) is 1.51. The van der Waals surface area contributed by atoms with E-state index in [1.165, 1.54) is 0 Å². The van der Waals surface area contributed by atoms with Crippen molar-refractivity contribution in [1.82, 2.24) is 0 Å². The molecule has 0 aromatic heterocycles. The van der Waals surface area contributed by atoms with Crippen LogP contribution in [0.15, 0.2) is 78.9 Å². The van der Waals surface area contributed by atoms with E-state index in [1.54, 1.807) is 24.3 Å². The first-order valence-electron chi connectivity index (χ1n) is 8.87. The standard InChI is InChI=1S/C23H20N2O2.U/c26-20-10-8-19(9-11-20)24-12-13-25-23(27)21-7-3-6-18-14-16-4-1-2-5-17(16)15-22(18)21;/h1-11,14-15,24H,12-13H2,(H2,25,26,27);/p-1. The molecule has 5 heteroatoms. The number of aromatic hydroxyl groups is 1. The summed E-state index contributed by atoms with van der Waals surface area (Å²) in [6, 6.07) is 24.8. The summed E-state index contributed by atoms with van der Waals surface area (Å²) >= 11 is 0. The molecule has 0 heterocycles. The topological polar surface area (TPSA) is 63.4 Å². The molecule has 0 aliphatic heterocycles. The number of nitrogens with zero attached hydrogens (tertiary/aromatic N) is 1. The molecule has 138 valence electrons. The number of phenols is 1. The van der Waals surface area contributed by atoms with Crippen LogP contribution in [0.25, 0.3) is 26.9 Å². The van der Waals surface area contributed by atoms with Crippen molar-refractivity contribution in [3.63, 3.8) is 0 Å². The van der Waals surface area contributed by atoms with E-state index in [0.717, 1.165) is 27.2 Å². The van der Waals surface area contributed by atoms with Crippen molar-refractivity contribution < 1.29 is 41.0 Å². The third-order valence-corrected chi connectivity index (χ3v) is 4.54. The first-order valence-corrected chi connectivity index (χ1v) is 8.87. The summed E-state index contributed by atoms with van der Waals surface area (Å²) in [7, 11) is 0. The van der Waals surface area contributed by atoms with E-state index in [0.29, 0.717) is 18.7 Å². The maximum absolute atomic E-state index is 12.6. The first-order chi connectivity index (χ1) is 13.2. The van der Waals surface area contributed by atoms with Crippen molar-refractivity contribution in [3.05, 3.63) is 89.7 Å². The van der Waals surface area contributed by atoms with Crippen LogP contribution in [0.1, 0.15) is 10.4 Å². The van der Waals surface area contributed by atoms with E-state index >= 15 is 0 Å². The van der Waals surface area contributed by atoms with Crippen LogP contribution in [0.5, 0.6) is 5.75 Å². The minimum absolute atomic E-state index is 0. The number of carbonyl (C=O) groups is 1. The molecule has 2 N–H and O–H groups in total. The summed E-state index contributed by atoms with van der Waals surface area (Å²) in [4.78, 5) is 12.6. The van der Waals surface area contributed by atoms with Crippen LogP contribution in [0.4, 0.5) is 5.69 Å². The number of hydrogen-bond acceptors (Lipinski definition) is 3. The zero-order chi connectivity index (χ0) is 18.6. The van der Waals surface area contributed by atoms with Gasteiger partial charge in [-0.25, -0.2) is 0 Å². The Hall–Kier alpha value is -2.48. The molecule has 0 bridgehead atoms. The average molecular weight is 593 g/mol. The summed E-state index contributed by atoms with van der Waals surface area (Å²) in [6.07, 6.45) is 0. The molecule has 0 fully saturated rings. The van der Waals surface area contributed by atoms with Crippen molar-refractivity contribution in [1.29, 1.82) is 0 Å². The second kappa shape index (κ2) is 9.14. The summed E-state index contributed by atoms with van der Waals surface area (Å²) in [6.45, 7) is 0.924. The van der Waals surface area contributed by atoms with Gasteiger partial charge in [0.25, 0.3) is 0 Å². The molecule has 0 saturated heterocycles. The van der Waals surface area contributed by atoms with Gasteiger partial charge in [0.1, 0.15) is 5.75 Å². The Kier molecular flexibility index (Phi) is 6.62. The Labute approximate surface area is 187 Å². The van der Waals surface area contributed by atoms with Gasteiger partial charge >= 0.3 is 0 Å². The van der Waals surface area contributed by atoms with Crippen LogP contribution in [0.3, 0.4) is 0 Å². The van der Waals surface area contributed by atoms with E-state index in [-0.39, 0.29) is 42.8 Å². The molecule has 4 aromatic carbocycles. The van der Waals surface area contributed by atoms with Crippen LogP contribution >= 0.6 is 0 Å². The van der Waals surface area contributed by atoms with Crippen molar-refractivity contribution in [2.45, 2.75) is 0 Å². The van der Waals surface area contributed by atoms with E-state index in [4.69, 9.17) is 0 Å². The quantitative estimate of drug-likeness (QED) is 0.187. The normalized spacial score (nSPS) is 10.4. The zero-order valence-corrected chi connectivity index (χ0v) is 19.4. The van der Waals surface area contributed by atoms with Gasteiger partial charge in [-0.1, -0.05) is 42.5 Å². The maximum Gasteiger partial charge on any atom is 0.115 e. The van der Waals surface area contributed by atoms with Gasteiger partial charge in [-0.05, 0) is 64.5 Å². The molecule has 4 rings (SSSR count). The molecule has 0 unspecified atom stereocenters. The van der Waals surface area contributed by atoms with E-state index in [9.17, 15) is 9.90 Å². The fourth-order valence-electron chi connectivity index (χ4n) is 3.18. The number of hydrogen-bond donors (Lipinski definition) is 2. The molecule has 4 nitrogen and oxygen atoms in total. The maximum atomic E-state index is 12.6. The number of anilines is 1. The van der Waals surface area contributed by atoms with Gasteiger partial charge in [0.15, 0.2) is 0 Å². The number of benzene rings is 4. The number of carbonyl (C=O) groups excluding carboxylic acids is 1. The minimum Gasteiger partial charge on any atom is -0.648 e. The number of rotatable bonds is 5. The predicted octanol–water partition coefficient (Wildman–Crippen LogP) is 5.32. The Morgan fingerprint density at radius 2 is 1.54 bits per heavy atom. The SMILES string of the molecule is O=C([N-]CCNc1ccc(O)cc1)c1cccc2cc3ccccc3cc12.[U]. The molecule has 0 aliphatic rings. The second-order valence-electron chi connectivity index (χ2n) is 6.39. The zero-order valence-electron chi connectivity index (χ0n) is 15.2. The van der Waals surface area contributed by atoms with E-state index < -0.39 is 0 Å². The van der Waals surface area contributed by atoms with Gasteiger partial charge in [-0.2, -0.15) is 0 Å².